The van der Waals surface area contributed by atoms with E-state index < -0.39 is 10.0 Å². The van der Waals surface area contributed by atoms with E-state index in [1.807, 2.05) is 31.2 Å². The monoisotopic (exact) mass is 483 g/mol. The van der Waals surface area contributed by atoms with E-state index >= 15 is 0 Å². The lowest BCUT2D eigenvalue weighted by atomic mass is 10.1. The third-order valence-electron chi connectivity index (χ3n) is 6.72. The number of carbonyl (C=O) groups excluding carboxylic acids is 2. The molecule has 0 atom stereocenters. The molecule has 0 spiro atoms. The van der Waals surface area contributed by atoms with Gasteiger partial charge >= 0.3 is 0 Å². The second-order valence-electron chi connectivity index (χ2n) is 9.15. The molecule has 1 fully saturated rings. The highest BCUT2D eigenvalue weighted by molar-refractivity contribution is 7.89. The van der Waals surface area contributed by atoms with E-state index in [9.17, 15) is 18.0 Å². The molecule has 2 amide bonds. The molecule has 0 radical (unpaired) electrons. The molecule has 0 aliphatic carbocycles. The molecule has 0 bridgehead atoms. The Hall–Kier alpha value is -2.71. The molecule has 7 nitrogen and oxygen atoms in total. The summed E-state index contributed by atoms with van der Waals surface area (Å²) in [6.45, 7) is 3.40. The molecule has 4 rings (SSSR count). The Morgan fingerprint density at radius 1 is 0.971 bits per heavy atom. The number of nitrogens with zero attached hydrogens (tertiary/aromatic N) is 2. The fourth-order valence-electron chi connectivity index (χ4n) is 4.69. The van der Waals surface area contributed by atoms with Crippen LogP contribution in [0, 0.1) is 6.92 Å². The van der Waals surface area contributed by atoms with Crippen LogP contribution in [0.2, 0.25) is 0 Å². The number of benzene rings is 2. The number of hydrogen-bond donors (Lipinski definition) is 1. The number of sulfonamides is 1. The van der Waals surface area contributed by atoms with E-state index in [1.165, 1.54) is 4.90 Å². The van der Waals surface area contributed by atoms with Gasteiger partial charge in [0.1, 0.15) is 6.54 Å². The van der Waals surface area contributed by atoms with Gasteiger partial charge in [0.15, 0.2) is 0 Å². The van der Waals surface area contributed by atoms with Gasteiger partial charge in [-0.25, -0.2) is 8.42 Å². The predicted molar refractivity (Wildman–Crippen MR) is 132 cm³/mol. The lowest BCUT2D eigenvalue weighted by Gasteiger charge is -2.24. The van der Waals surface area contributed by atoms with Crippen molar-refractivity contribution in [3.8, 4) is 0 Å². The Bertz CT molecular complexity index is 1150. The van der Waals surface area contributed by atoms with Gasteiger partial charge in [0.2, 0.25) is 21.8 Å². The van der Waals surface area contributed by atoms with Crippen molar-refractivity contribution in [1.82, 2.24) is 9.62 Å². The first-order valence-electron chi connectivity index (χ1n) is 12.1. The fraction of sp³-hybridized carbons (Fsp3) is 0.462. The van der Waals surface area contributed by atoms with Gasteiger partial charge in [-0.1, -0.05) is 37.1 Å². The standard InChI is InChI=1S/C26H33N3O4S/c1-20-9-4-5-10-22(20)18-27-25(30)19-29-24-14-13-23(17-21(24)11-8-12-26(29)31)34(32,33)28-15-6-2-3-7-16-28/h4-5,9-10,13-14,17H,2-3,6-8,11-12,15-16,18-19H2,1H3,(H,27,30). The topological polar surface area (TPSA) is 86.8 Å². The van der Waals surface area contributed by atoms with Crippen LogP contribution < -0.4 is 10.2 Å². The molecule has 2 heterocycles. The molecule has 2 aromatic carbocycles. The van der Waals surface area contributed by atoms with E-state index in [1.54, 1.807) is 22.5 Å². The quantitative estimate of drug-likeness (QED) is 0.681. The van der Waals surface area contributed by atoms with Crippen molar-refractivity contribution in [2.75, 3.05) is 24.5 Å². The van der Waals surface area contributed by atoms with E-state index in [0.717, 1.165) is 42.4 Å². The minimum atomic E-state index is -3.58. The van der Waals surface area contributed by atoms with E-state index in [-0.39, 0.29) is 23.3 Å². The summed E-state index contributed by atoms with van der Waals surface area (Å²) in [5.41, 5.74) is 3.55. The molecule has 34 heavy (non-hydrogen) atoms. The molecular formula is C26H33N3O4S. The molecule has 1 N–H and O–H groups in total. The van der Waals surface area contributed by atoms with Gasteiger partial charge < -0.3 is 10.2 Å². The van der Waals surface area contributed by atoms with Gasteiger partial charge in [0, 0.05) is 31.7 Å². The molecule has 0 saturated carbocycles. The lowest BCUT2D eigenvalue weighted by molar-refractivity contribution is -0.123. The van der Waals surface area contributed by atoms with Crippen LogP contribution in [0.1, 0.15) is 55.2 Å². The van der Waals surface area contributed by atoms with Crippen molar-refractivity contribution in [3.05, 3.63) is 59.2 Å². The van der Waals surface area contributed by atoms with Gasteiger partial charge in [0.05, 0.1) is 4.90 Å². The summed E-state index contributed by atoms with van der Waals surface area (Å²) in [7, 11) is -3.58. The molecule has 2 aliphatic rings. The average molecular weight is 484 g/mol. The highest BCUT2D eigenvalue weighted by Gasteiger charge is 2.29. The molecule has 0 unspecified atom stereocenters. The van der Waals surface area contributed by atoms with Crippen molar-refractivity contribution in [2.45, 2.75) is 63.3 Å². The smallest absolute Gasteiger partial charge is 0.243 e. The highest BCUT2D eigenvalue weighted by Crippen LogP contribution is 2.31. The second kappa shape index (κ2) is 10.7. The summed E-state index contributed by atoms with van der Waals surface area (Å²) >= 11 is 0. The summed E-state index contributed by atoms with van der Waals surface area (Å²) in [6, 6.07) is 12.8. The summed E-state index contributed by atoms with van der Waals surface area (Å²) in [4.78, 5) is 27.3. The fourth-order valence-corrected chi connectivity index (χ4v) is 6.26. The second-order valence-corrected chi connectivity index (χ2v) is 11.1. The molecule has 0 aromatic heterocycles. The molecule has 8 heteroatoms. The van der Waals surface area contributed by atoms with Crippen LogP contribution in [0.3, 0.4) is 0 Å². The number of aryl methyl sites for hydroxylation is 2. The van der Waals surface area contributed by atoms with E-state index in [2.05, 4.69) is 5.32 Å². The number of carbonyl (C=O) groups is 2. The van der Waals surface area contributed by atoms with E-state index in [4.69, 9.17) is 0 Å². The van der Waals surface area contributed by atoms with Crippen LogP contribution in [-0.4, -0.2) is 44.2 Å². The zero-order valence-corrected chi connectivity index (χ0v) is 20.6. The first-order valence-corrected chi connectivity index (χ1v) is 13.5. The third-order valence-corrected chi connectivity index (χ3v) is 8.62. The summed E-state index contributed by atoms with van der Waals surface area (Å²) in [5, 5.41) is 2.91. The van der Waals surface area contributed by atoms with Crippen LogP contribution in [0.25, 0.3) is 0 Å². The van der Waals surface area contributed by atoms with Gasteiger partial charge in [-0.05, 0) is 67.5 Å². The van der Waals surface area contributed by atoms with Crippen molar-refractivity contribution in [2.24, 2.45) is 0 Å². The SMILES string of the molecule is Cc1ccccc1CNC(=O)CN1C(=O)CCCc2cc(S(=O)(=O)N3CCCCCC3)ccc21. The first-order chi connectivity index (χ1) is 16.4. The number of hydrogen-bond acceptors (Lipinski definition) is 4. The zero-order chi connectivity index (χ0) is 24.1. The van der Waals surface area contributed by atoms with Crippen molar-refractivity contribution in [3.63, 3.8) is 0 Å². The predicted octanol–water partition coefficient (Wildman–Crippen LogP) is 3.55. The van der Waals surface area contributed by atoms with Crippen LogP contribution >= 0.6 is 0 Å². The Balaban J connectivity index is 1.52. The summed E-state index contributed by atoms with van der Waals surface area (Å²) < 4.78 is 28.1. The number of amides is 2. The lowest BCUT2D eigenvalue weighted by Crippen LogP contribution is -2.40. The molecule has 2 aromatic rings. The Morgan fingerprint density at radius 3 is 2.44 bits per heavy atom. The minimum absolute atomic E-state index is 0.0874. The number of nitrogens with one attached hydrogen (secondary N) is 1. The van der Waals surface area contributed by atoms with Crippen molar-refractivity contribution >= 4 is 27.5 Å². The van der Waals surface area contributed by atoms with Gasteiger partial charge in [-0.3, -0.25) is 9.59 Å². The Kier molecular flexibility index (Phi) is 7.68. The van der Waals surface area contributed by atoms with E-state index in [0.29, 0.717) is 44.6 Å². The normalized spacial score (nSPS) is 17.6. The average Bonchev–Trinajstić information content (AvgIpc) is 3.19. The van der Waals surface area contributed by atoms with Crippen LogP contribution in [0.15, 0.2) is 47.4 Å². The number of anilines is 1. The molecule has 2 aliphatic heterocycles. The van der Waals surface area contributed by atoms with Crippen molar-refractivity contribution in [1.29, 1.82) is 0 Å². The molecule has 1 saturated heterocycles. The van der Waals surface area contributed by atoms with Crippen molar-refractivity contribution < 1.29 is 18.0 Å². The maximum absolute atomic E-state index is 13.3. The van der Waals surface area contributed by atoms with Crippen LogP contribution in [0.5, 0.6) is 0 Å². The van der Waals surface area contributed by atoms with Gasteiger partial charge in [-0.2, -0.15) is 4.31 Å². The summed E-state index contributed by atoms with van der Waals surface area (Å²) in [5.74, 6) is -0.362. The number of rotatable bonds is 6. The molecular weight excluding hydrogens is 450 g/mol. The third kappa shape index (κ3) is 5.50. The highest BCUT2D eigenvalue weighted by atomic mass is 32.2. The van der Waals surface area contributed by atoms with Crippen LogP contribution in [0.4, 0.5) is 5.69 Å². The van der Waals surface area contributed by atoms with Crippen LogP contribution in [-0.2, 0) is 32.6 Å². The Labute approximate surface area is 202 Å². The van der Waals surface area contributed by atoms with Gasteiger partial charge in [0.25, 0.3) is 0 Å². The van der Waals surface area contributed by atoms with Gasteiger partial charge in [-0.15, -0.1) is 0 Å². The maximum atomic E-state index is 13.3. The largest absolute Gasteiger partial charge is 0.350 e. The molecule has 182 valence electrons. The zero-order valence-electron chi connectivity index (χ0n) is 19.8. The summed E-state index contributed by atoms with van der Waals surface area (Å²) in [6.07, 6.45) is 5.42. The maximum Gasteiger partial charge on any atom is 0.243 e. The Morgan fingerprint density at radius 2 is 1.71 bits per heavy atom. The first kappa shape index (κ1) is 24.4. The number of fused-ring (bicyclic) bond motifs is 1. The minimum Gasteiger partial charge on any atom is -0.350 e.